The Kier molecular flexibility index (Phi) is 4.50. The number of hydrogen-bond acceptors (Lipinski definition) is 2. The first-order chi connectivity index (χ1) is 10.7. The van der Waals surface area contributed by atoms with Gasteiger partial charge in [0.2, 0.25) is 5.91 Å². The van der Waals surface area contributed by atoms with Crippen molar-refractivity contribution in [3.05, 3.63) is 24.0 Å². The van der Waals surface area contributed by atoms with Gasteiger partial charge in [0.15, 0.2) is 0 Å². The summed E-state index contributed by atoms with van der Waals surface area (Å²) in [5, 5.41) is 0. The van der Waals surface area contributed by atoms with Gasteiger partial charge in [-0.2, -0.15) is 0 Å². The Bertz CT molecular complexity index is 538. The van der Waals surface area contributed by atoms with E-state index >= 15 is 0 Å². The molecular weight excluding hydrogens is 278 g/mol. The highest BCUT2D eigenvalue weighted by Crippen LogP contribution is 2.23. The maximum atomic E-state index is 12.5. The first-order valence-electron chi connectivity index (χ1n) is 8.36. The lowest BCUT2D eigenvalue weighted by Gasteiger charge is -2.35. The summed E-state index contributed by atoms with van der Waals surface area (Å²) in [6.45, 7) is 3.21. The van der Waals surface area contributed by atoms with Gasteiger partial charge in [0.25, 0.3) is 5.91 Å². The predicted octanol–water partition coefficient (Wildman–Crippen LogP) is 1.89. The van der Waals surface area contributed by atoms with Crippen molar-refractivity contribution >= 4 is 11.8 Å². The zero-order chi connectivity index (χ0) is 15.5. The van der Waals surface area contributed by atoms with Crippen LogP contribution in [0.5, 0.6) is 0 Å². The molecule has 0 aromatic carbocycles. The van der Waals surface area contributed by atoms with E-state index in [9.17, 15) is 9.59 Å². The van der Waals surface area contributed by atoms with Crippen LogP contribution in [-0.4, -0.2) is 52.4 Å². The van der Waals surface area contributed by atoms with Gasteiger partial charge >= 0.3 is 0 Å². The molecule has 22 heavy (non-hydrogen) atoms. The third kappa shape index (κ3) is 3.03. The molecule has 0 unspecified atom stereocenters. The van der Waals surface area contributed by atoms with E-state index in [2.05, 4.69) is 0 Å². The van der Waals surface area contributed by atoms with E-state index in [0.29, 0.717) is 19.0 Å². The van der Waals surface area contributed by atoms with E-state index in [0.717, 1.165) is 44.5 Å². The van der Waals surface area contributed by atoms with Crippen molar-refractivity contribution in [2.45, 2.75) is 32.1 Å². The van der Waals surface area contributed by atoms with Gasteiger partial charge in [-0.25, -0.2) is 0 Å². The summed E-state index contributed by atoms with van der Waals surface area (Å²) in [6.07, 6.45) is 7.00. The topological polar surface area (TPSA) is 45.6 Å². The third-order valence-electron chi connectivity index (χ3n) is 4.96. The molecule has 0 radical (unpaired) electrons. The number of aromatic nitrogens is 1. The summed E-state index contributed by atoms with van der Waals surface area (Å²) in [4.78, 5) is 28.9. The van der Waals surface area contributed by atoms with Gasteiger partial charge < -0.3 is 14.4 Å². The molecule has 0 saturated carbocycles. The Morgan fingerprint density at radius 3 is 2.27 bits per heavy atom. The first kappa shape index (κ1) is 15.1. The number of aryl methyl sites for hydroxylation is 1. The predicted molar refractivity (Wildman–Crippen MR) is 84.5 cm³/mol. The molecular formula is C17H25N3O2. The van der Waals surface area contributed by atoms with Crippen LogP contribution >= 0.6 is 0 Å². The molecule has 2 aliphatic heterocycles. The molecule has 5 nitrogen and oxygen atoms in total. The molecule has 3 heterocycles. The van der Waals surface area contributed by atoms with Crippen LogP contribution < -0.4 is 0 Å². The number of carbonyl (C=O) groups excluding carboxylic acids is 2. The molecule has 5 heteroatoms. The Labute approximate surface area is 131 Å². The van der Waals surface area contributed by atoms with Crippen molar-refractivity contribution in [1.82, 2.24) is 14.4 Å². The number of nitrogens with zero attached hydrogens (tertiary/aromatic N) is 3. The molecule has 0 N–H and O–H groups in total. The fourth-order valence-corrected chi connectivity index (χ4v) is 3.55. The van der Waals surface area contributed by atoms with Crippen molar-refractivity contribution < 1.29 is 9.59 Å². The highest BCUT2D eigenvalue weighted by atomic mass is 16.2. The van der Waals surface area contributed by atoms with Crippen LogP contribution in [0.15, 0.2) is 18.3 Å². The minimum Gasteiger partial charge on any atom is -0.347 e. The average Bonchev–Trinajstić information content (AvgIpc) is 3.00. The van der Waals surface area contributed by atoms with Crippen molar-refractivity contribution in [2.24, 2.45) is 13.0 Å². The average molecular weight is 303 g/mol. The lowest BCUT2D eigenvalue weighted by molar-refractivity contribution is -0.137. The summed E-state index contributed by atoms with van der Waals surface area (Å²) in [7, 11) is 1.89. The number of likely N-dealkylation sites (tertiary alicyclic amines) is 2. The molecule has 2 amide bonds. The lowest BCUT2D eigenvalue weighted by Crippen LogP contribution is -2.46. The van der Waals surface area contributed by atoms with Gasteiger partial charge in [-0.15, -0.1) is 0 Å². The van der Waals surface area contributed by atoms with Crippen LogP contribution in [-0.2, 0) is 11.8 Å². The number of amides is 2. The third-order valence-corrected chi connectivity index (χ3v) is 4.96. The van der Waals surface area contributed by atoms with Crippen LogP contribution in [0.2, 0.25) is 0 Å². The Morgan fingerprint density at radius 2 is 1.68 bits per heavy atom. The molecule has 2 fully saturated rings. The van der Waals surface area contributed by atoms with Gasteiger partial charge in [-0.3, -0.25) is 9.59 Å². The first-order valence-corrected chi connectivity index (χ1v) is 8.36. The summed E-state index contributed by atoms with van der Waals surface area (Å²) < 4.78 is 1.85. The smallest absolute Gasteiger partial charge is 0.270 e. The molecule has 1 aromatic rings. The van der Waals surface area contributed by atoms with Crippen molar-refractivity contribution in [3.63, 3.8) is 0 Å². The largest absolute Gasteiger partial charge is 0.347 e. The van der Waals surface area contributed by atoms with Crippen LogP contribution in [0.1, 0.15) is 42.6 Å². The summed E-state index contributed by atoms with van der Waals surface area (Å²) in [6, 6.07) is 3.74. The van der Waals surface area contributed by atoms with Crippen LogP contribution in [0, 0.1) is 5.92 Å². The van der Waals surface area contributed by atoms with E-state index in [4.69, 9.17) is 0 Å². The zero-order valence-electron chi connectivity index (χ0n) is 13.3. The maximum Gasteiger partial charge on any atom is 0.270 e. The molecule has 0 bridgehead atoms. The normalized spacial score (nSPS) is 20.2. The Morgan fingerprint density at radius 1 is 1.00 bits per heavy atom. The molecule has 0 atom stereocenters. The fraction of sp³-hybridized carbons (Fsp3) is 0.647. The van der Waals surface area contributed by atoms with Crippen molar-refractivity contribution in [3.8, 4) is 0 Å². The van der Waals surface area contributed by atoms with Gasteiger partial charge in [-0.05, 0) is 44.2 Å². The molecule has 0 aliphatic carbocycles. The number of piperidine rings is 2. The SMILES string of the molecule is Cn1cccc1C(=O)N1CCC(C(=O)N2CCCCC2)CC1. The van der Waals surface area contributed by atoms with E-state index in [-0.39, 0.29) is 11.8 Å². The summed E-state index contributed by atoms with van der Waals surface area (Å²) in [5.41, 5.74) is 0.723. The lowest BCUT2D eigenvalue weighted by atomic mass is 9.94. The van der Waals surface area contributed by atoms with Crippen LogP contribution in [0.25, 0.3) is 0 Å². The Hall–Kier alpha value is -1.78. The standard InChI is InChI=1S/C17H25N3O2/c1-18-9-5-6-15(18)17(22)20-12-7-14(8-13-20)16(21)19-10-3-2-4-11-19/h5-6,9,14H,2-4,7-8,10-13H2,1H3. The van der Waals surface area contributed by atoms with Gasteiger partial charge in [0.1, 0.15) is 5.69 Å². The van der Waals surface area contributed by atoms with Gasteiger partial charge in [-0.1, -0.05) is 0 Å². The van der Waals surface area contributed by atoms with Crippen LogP contribution in [0.4, 0.5) is 0 Å². The van der Waals surface area contributed by atoms with Gasteiger partial charge in [0, 0.05) is 45.3 Å². The maximum absolute atomic E-state index is 12.5. The highest BCUT2D eigenvalue weighted by Gasteiger charge is 2.31. The number of carbonyl (C=O) groups is 2. The zero-order valence-corrected chi connectivity index (χ0v) is 13.3. The molecule has 2 saturated heterocycles. The molecule has 3 rings (SSSR count). The van der Waals surface area contributed by atoms with Gasteiger partial charge in [0.05, 0.1) is 0 Å². The van der Waals surface area contributed by atoms with E-state index in [1.165, 1.54) is 6.42 Å². The second-order valence-electron chi connectivity index (χ2n) is 6.46. The van der Waals surface area contributed by atoms with E-state index in [1.807, 2.05) is 39.7 Å². The molecule has 0 spiro atoms. The number of rotatable bonds is 2. The summed E-state index contributed by atoms with van der Waals surface area (Å²) in [5.74, 6) is 0.498. The molecule has 2 aliphatic rings. The second kappa shape index (κ2) is 6.55. The highest BCUT2D eigenvalue weighted by molar-refractivity contribution is 5.93. The van der Waals surface area contributed by atoms with E-state index < -0.39 is 0 Å². The van der Waals surface area contributed by atoms with Crippen molar-refractivity contribution in [1.29, 1.82) is 0 Å². The van der Waals surface area contributed by atoms with Crippen molar-refractivity contribution in [2.75, 3.05) is 26.2 Å². The monoisotopic (exact) mass is 303 g/mol. The van der Waals surface area contributed by atoms with Crippen LogP contribution in [0.3, 0.4) is 0 Å². The van der Waals surface area contributed by atoms with E-state index in [1.54, 1.807) is 0 Å². The number of hydrogen-bond donors (Lipinski definition) is 0. The second-order valence-corrected chi connectivity index (χ2v) is 6.46. The minimum absolute atomic E-state index is 0.0800. The molecule has 1 aromatic heterocycles. The quantitative estimate of drug-likeness (QED) is 0.837. The fourth-order valence-electron chi connectivity index (χ4n) is 3.55. The summed E-state index contributed by atoms with van der Waals surface area (Å²) >= 11 is 0. The Balaban J connectivity index is 1.55. The molecule has 120 valence electrons. The minimum atomic E-state index is 0.0800.